The number of carbonyl (C=O) groups is 1. The van der Waals surface area contributed by atoms with E-state index in [1.165, 1.54) is 35.7 Å². The lowest BCUT2D eigenvalue weighted by Crippen LogP contribution is -2.57. The molecule has 3 fully saturated rings. The van der Waals surface area contributed by atoms with Crippen LogP contribution < -0.4 is 5.32 Å². The summed E-state index contributed by atoms with van der Waals surface area (Å²) in [4.78, 5) is 12.5. The van der Waals surface area contributed by atoms with E-state index >= 15 is 0 Å². The Labute approximate surface area is 200 Å². The van der Waals surface area contributed by atoms with Gasteiger partial charge in [-0.2, -0.15) is 4.31 Å². The Balaban J connectivity index is 1.40. The molecule has 8 nitrogen and oxygen atoms in total. The van der Waals surface area contributed by atoms with Gasteiger partial charge in [-0.25, -0.2) is 12.8 Å². The highest BCUT2D eigenvalue weighted by molar-refractivity contribution is 7.89. The summed E-state index contributed by atoms with van der Waals surface area (Å²) >= 11 is 0. The van der Waals surface area contributed by atoms with Crippen molar-refractivity contribution in [1.29, 1.82) is 0 Å². The van der Waals surface area contributed by atoms with Gasteiger partial charge in [-0.15, -0.1) is 0 Å². The van der Waals surface area contributed by atoms with Gasteiger partial charge in [0.1, 0.15) is 5.82 Å². The third-order valence-electron chi connectivity index (χ3n) is 7.08. The van der Waals surface area contributed by atoms with Crippen molar-refractivity contribution in [2.24, 2.45) is 5.92 Å². The summed E-state index contributed by atoms with van der Waals surface area (Å²) in [6.45, 7) is 0.658. The maximum Gasteiger partial charge on any atom is 0.243 e. The highest BCUT2D eigenvalue weighted by atomic mass is 32.2. The molecule has 4 atom stereocenters. The second-order valence-corrected chi connectivity index (χ2v) is 11.6. The molecule has 190 valence electrons. The minimum Gasteiger partial charge on any atom is -0.389 e. The first kappa shape index (κ1) is 25.5. The van der Waals surface area contributed by atoms with E-state index in [-0.39, 0.29) is 43.1 Å². The summed E-state index contributed by atoms with van der Waals surface area (Å²) in [5.74, 6) is -0.0273. The first-order valence-electron chi connectivity index (χ1n) is 12.3. The molecule has 2 saturated heterocycles. The number of hydrogen-bond donors (Lipinski definition) is 2. The standard InChI is InChI=1S/C24H35FN2O6S/c25-18-6-9-21(10-7-18)34(30,31)27-14-19(28)15-32-16-23-22(27)11-8-20(33-23)12-24(29)26-13-17-4-2-1-3-5-17/h6-7,9-10,17,19-20,22-23,28H,1-5,8,11-16H2,(H,26,29)/t19-,20+,22+,23-/m0/s1. The number of halogens is 1. The monoisotopic (exact) mass is 498 g/mol. The molecule has 1 amide bonds. The lowest BCUT2D eigenvalue weighted by molar-refractivity contribution is -0.146. The first-order chi connectivity index (χ1) is 16.3. The predicted molar refractivity (Wildman–Crippen MR) is 123 cm³/mol. The van der Waals surface area contributed by atoms with Crippen molar-refractivity contribution in [3.8, 4) is 0 Å². The van der Waals surface area contributed by atoms with Gasteiger partial charge in [0, 0.05) is 13.1 Å². The van der Waals surface area contributed by atoms with E-state index in [4.69, 9.17) is 9.47 Å². The van der Waals surface area contributed by atoms with Crippen LogP contribution in [-0.2, 0) is 24.3 Å². The number of sulfonamides is 1. The molecule has 2 heterocycles. The number of carbonyl (C=O) groups excluding carboxylic acids is 1. The van der Waals surface area contributed by atoms with Gasteiger partial charge in [-0.3, -0.25) is 4.79 Å². The smallest absolute Gasteiger partial charge is 0.243 e. The number of fused-ring (bicyclic) bond motifs is 1. The van der Waals surface area contributed by atoms with Gasteiger partial charge >= 0.3 is 0 Å². The second kappa shape index (κ2) is 11.4. The van der Waals surface area contributed by atoms with Crippen LogP contribution in [0.5, 0.6) is 0 Å². The van der Waals surface area contributed by atoms with E-state index in [2.05, 4.69) is 5.32 Å². The van der Waals surface area contributed by atoms with E-state index < -0.39 is 34.1 Å². The zero-order chi connectivity index (χ0) is 24.1. The van der Waals surface area contributed by atoms with Crippen LogP contribution in [0.3, 0.4) is 0 Å². The summed E-state index contributed by atoms with van der Waals surface area (Å²) in [5.41, 5.74) is 0. The quantitative estimate of drug-likeness (QED) is 0.623. The van der Waals surface area contributed by atoms with Crippen LogP contribution in [0.4, 0.5) is 4.39 Å². The predicted octanol–water partition coefficient (Wildman–Crippen LogP) is 2.21. The molecule has 1 aliphatic carbocycles. The molecule has 2 aliphatic heterocycles. The van der Waals surface area contributed by atoms with Gasteiger partial charge in [0.05, 0.1) is 48.9 Å². The van der Waals surface area contributed by atoms with Crippen LogP contribution in [0.2, 0.25) is 0 Å². The molecule has 3 aliphatic rings. The van der Waals surface area contributed by atoms with Gasteiger partial charge in [0.15, 0.2) is 0 Å². The molecule has 1 saturated carbocycles. The van der Waals surface area contributed by atoms with Crippen molar-refractivity contribution in [2.45, 2.75) is 80.6 Å². The number of hydrogen-bond acceptors (Lipinski definition) is 6. The fourth-order valence-corrected chi connectivity index (χ4v) is 6.96. The Morgan fingerprint density at radius 3 is 2.56 bits per heavy atom. The highest BCUT2D eigenvalue weighted by Gasteiger charge is 2.43. The number of aliphatic hydroxyl groups is 1. The number of aliphatic hydroxyl groups excluding tert-OH is 1. The fourth-order valence-electron chi connectivity index (χ4n) is 5.24. The number of benzene rings is 1. The van der Waals surface area contributed by atoms with Crippen LogP contribution in [0, 0.1) is 11.7 Å². The van der Waals surface area contributed by atoms with Crippen LogP contribution in [-0.4, -0.2) is 74.4 Å². The second-order valence-electron chi connectivity index (χ2n) is 9.67. The number of nitrogens with zero attached hydrogens (tertiary/aromatic N) is 1. The zero-order valence-electron chi connectivity index (χ0n) is 19.4. The lowest BCUT2D eigenvalue weighted by Gasteiger charge is -2.43. The Bertz CT molecular complexity index is 922. The van der Waals surface area contributed by atoms with E-state index in [9.17, 15) is 22.7 Å². The molecular weight excluding hydrogens is 463 g/mol. The van der Waals surface area contributed by atoms with Gasteiger partial charge in [0.25, 0.3) is 0 Å². The summed E-state index contributed by atoms with van der Waals surface area (Å²) in [6.07, 6.45) is 5.38. The SMILES string of the molecule is O=C(C[C@H]1CC[C@@H]2[C@H](COC[C@@H](O)CN2S(=O)(=O)c2ccc(F)cc2)O1)NCC1CCCCC1. The fraction of sp³-hybridized carbons (Fsp3) is 0.708. The Hall–Kier alpha value is -1.59. The molecule has 4 rings (SSSR count). The van der Waals surface area contributed by atoms with E-state index in [1.807, 2.05) is 0 Å². The number of amides is 1. The van der Waals surface area contributed by atoms with Crippen LogP contribution in [0.25, 0.3) is 0 Å². The van der Waals surface area contributed by atoms with Crippen LogP contribution in [0.15, 0.2) is 29.2 Å². The first-order valence-corrected chi connectivity index (χ1v) is 13.7. The van der Waals surface area contributed by atoms with Crippen LogP contribution in [0.1, 0.15) is 51.4 Å². The molecule has 0 bridgehead atoms. The minimum atomic E-state index is -3.99. The maximum absolute atomic E-state index is 13.4. The van der Waals surface area contributed by atoms with Gasteiger partial charge in [-0.1, -0.05) is 19.3 Å². The average molecular weight is 499 g/mol. The van der Waals surface area contributed by atoms with Gasteiger partial charge in [0.2, 0.25) is 15.9 Å². The normalized spacial score (nSPS) is 29.6. The lowest BCUT2D eigenvalue weighted by atomic mass is 9.89. The van der Waals surface area contributed by atoms with Crippen molar-refractivity contribution in [2.75, 3.05) is 26.3 Å². The van der Waals surface area contributed by atoms with Gasteiger partial charge in [-0.05, 0) is 55.9 Å². The third-order valence-corrected chi connectivity index (χ3v) is 8.98. The van der Waals surface area contributed by atoms with Crippen molar-refractivity contribution in [3.05, 3.63) is 30.1 Å². The zero-order valence-corrected chi connectivity index (χ0v) is 20.2. The molecule has 1 aromatic carbocycles. The molecule has 0 radical (unpaired) electrons. The topological polar surface area (TPSA) is 105 Å². The molecule has 0 spiro atoms. The van der Waals surface area contributed by atoms with Gasteiger partial charge < -0.3 is 19.9 Å². The van der Waals surface area contributed by atoms with Crippen molar-refractivity contribution >= 4 is 15.9 Å². The summed E-state index contributed by atoms with van der Waals surface area (Å²) in [7, 11) is -3.99. The largest absolute Gasteiger partial charge is 0.389 e. The summed E-state index contributed by atoms with van der Waals surface area (Å²) in [5, 5.41) is 13.3. The number of ether oxygens (including phenoxy) is 2. The number of nitrogens with one attached hydrogen (secondary N) is 1. The molecule has 1 aromatic rings. The van der Waals surface area contributed by atoms with Crippen molar-refractivity contribution in [3.63, 3.8) is 0 Å². The Morgan fingerprint density at radius 1 is 1.09 bits per heavy atom. The molecule has 2 N–H and O–H groups in total. The summed E-state index contributed by atoms with van der Waals surface area (Å²) < 4.78 is 53.1. The minimum absolute atomic E-state index is 0.0193. The molecule has 0 aromatic heterocycles. The third kappa shape index (κ3) is 6.34. The molecular formula is C24H35FN2O6S. The number of β-amino-alcohol motifs (C(OH)–C–C–N with tert-alkyl or cyclic N) is 1. The highest BCUT2D eigenvalue weighted by Crippen LogP contribution is 2.31. The van der Waals surface area contributed by atoms with Crippen molar-refractivity contribution < 1.29 is 32.2 Å². The Morgan fingerprint density at radius 2 is 1.82 bits per heavy atom. The molecule has 34 heavy (non-hydrogen) atoms. The molecule has 0 unspecified atom stereocenters. The molecule has 10 heteroatoms. The van der Waals surface area contributed by atoms with Crippen LogP contribution >= 0.6 is 0 Å². The van der Waals surface area contributed by atoms with E-state index in [0.717, 1.165) is 25.0 Å². The number of rotatable bonds is 6. The average Bonchev–Trinajstić information content (AvgIpc) is 2.81. The van der Waals surface area contributed by atoms with Crippen molar-refractivity contribution in [1.82, 2.24) is 9.62 Å². The van der Waals surface area contributed by atoms with E-state index in [0.29, 0.717) is 25.3 Å². The van der Waals surface area contributed by atoms with E-state index in [1.54, 1.807) is 0 Å². The summed E-state index contributed by atoms with van der Waals surface area (Å²) in [6, 6.07) is 4.11. The maximum atomic E-state index is 13.4. The Kier molecular flexibility index (Phi) is 8.57.